The average Bonchev–Trinajstić information content (AvgIpc) is 2.71. The van der Waals surface area contributed by atoms with Gasteiger partial charge in [0.15, 0.2) is 0 Å². The van der Waals surface area contributed by atoms with Gasteiger partial charge in [0.25, 0.3) is 0 Å². The minimum atomic E-state index is -0.424. The Kier molecular flexibility index (Phi) is 5.38. The van der Waals surface area contributed by atoms with Gasteiger partial charge < -0.3 is 0 Å². The Morgan fingerprint density at radius 3 is 1.65 bits per heavy atom. The van der Waals surface area contributed by atoms with E-state index in [0.29, 0.717) is 0 Å². The summed E-state index contributed by atoms with van der Waals surface area (Å²) < 4.78 is 0. The third-order valence-corrected chi connectivity index (χ3v) is 9.83. The summed E-state index contributed by atoms with van der Waals surface area (Å²) >= 11 is 0. The van der Waals surface area contributed by atoms with Gasteiger partial charge in [-0.3, -0.25) is 0 Å². The number of hydrogen-bond donors (Lipinski definition) is 0. The van der Waals surface area contributed by atoms with E-state index in [1.165, 1.54) is 42.7 Å². The first-order valence-corrected chi connectivity index (χ1v) is 12.1. The highest BCUT2D eigenvalue weighted by Gasteiger charge is 2.43. The highest BCUT2D eigenvalue weighted by Crippen LogP contribution is 2.61. The molecule has 1 aliphatic rings. The van der Waals surface area contributed by atoms with E-state index in [2.05, 4.69) is 84.9 Å². The van der Waals surface area contributed by atoms with Crippen LogP contribution in [0.5, 0.6) is 0 Å². The Morgan fingerprint density at radius 2 is 1.12 bits per heavy atom. The van der Waals surface area contributed by atoms with Crippen molar-refractivity contribution in [2.45, 2.75) is 37.3 Å². The van der Waals surface area contributed by atoms with E-state index in [0.717, 1.165) is 10.2 Å². The molecule has 0 aliphatic heterocycles. The fourth-order valence-corrected chi connectivity index (χ4v) is 9.17. The molecule has 0 N–H and O–H groups in total. The van der Waals surface area contributed by atoms with Crippen LogP contribution in [-0.4, -0.2) is 10.2 Å². The molecule has 0 bridgehead atoms. The summed E-state index contributed by atoms with van der Waals surface area (Å²) in [5.74, 6) is 0. The summed E-state index contributed by atoms with van der Waals surface area (Å²) in [4.78, 5) is 0. The molecule has 3 aromatic carbocycles. The third kappa shape index (κ3) is 3.31. The third-order valence-electron chi connectivity index (χ3n) is 5.78. The van der Waals surface area contributed by atoms with E-state index in [4.69, 9.17) is 0 Å². The predicted octanol–water partition coefficient (Wildman–Crippen LogP) is 3.97. The molecule has 0 aromatic heterocycles. The van der Waals surface area contributed by atoms with Crippen molar-refractivity contribution in [2.24, 2.45) is 0 Å². The van der Waals surface area contributed by atoms with Crippen LogP contribution in [0.2, 0.25) is 0 Å². The molecule has 3 aromatic rings. The van der Waals surface area contributed by atoms with Gasteiger partial charge in [0.2, 0.25) is 0 Å². The van der Waals surface area contributed by atoms with Crippen LogP contribution in [0, 0.1) is 0 Å². The Morgan fingerprint density at radius 1 is 0.615 bits per heavy atom. The average molecular weight is 375 g/mol. The van der Waals surface area contributed by atoms with E-state index in [9.17, 15) is 0 Å². The fourth-order valence-electron chi connectivity index (χ4n) is 4.64. The molecule has 0 atom stereocenters. The zero-order chi connectivity index (χ0) is 17.8. The number of rotatable bonds is 4. The quantitative estimate of drug-likeness (QED) is 0.479. The Hall–Kier alpha value is -1.69. The van der Waals surface area contributed by atoms with Crippen molar-refractivity contribution in [3.63, 3.8) is 0 Å². The van der Waals surface area contributed by atoms with Gasteiger partial charge in [-0.15, -0.1) is 0 Å². The Labute approximate surface area is 161 Å². The van der Waals surface area contributed by atoms with E-state index in [1.807, 2.05) is 0 Å². The first kappa shape index (κ1) is 17.7. The van der Waals surface area contributed by atoms with Crippen LogP contribution in [0.15, 0.2) is 84.9 Å². The Bertz CT molecular complexity index is 799. The summed E-state index contributed by atoms with van der Waals surface area (Å²) in [6.07, 6.45) is 6.74. The smallest absolute Gasteiger partial charge is 0.0389 e. The van der Waals surface area contributed by atoms with Crippen LogP contribution in [-0.2, 0) is 5.16 Å². The van der Waals surface area contributed by atoms with Crippen molar-refractivity contribution in [1.29, 1.82) is 0 Å². The van der Waals surface area contributed by atoms with Gasteiger partial charge >= 0.3 is 0 Å². The standard InChI is InChI=1S/C24H27PSi/c26-23-17-9-8-16-22(23)24(18-10-3-11-19-24)25(20-12-4-1-5-13-20)21-14-6-2-7-15-21/h1-2,4-9,12-17H,3,10-11,18-19H2,26H3. The lowest BCUT2D eigenvalue weighted by Gasteiger charge is -2.46. The van der Waals surface area contributed by atoms with Crippen molar-refractivity contribution in [3.05, 3.63) is 90.5 Å². The molecule has 0 heterocycles. The Balaban J connectivity index is 1.95. The first-order valence-electron chi connectivity index (χ1n) is 9.78. The van der Waals surface area contributed by atoms with Crippen molar-refractivity contribution in [1.82, 2.24) is 0 Å². The molecule has 0 amide bonds. The van der Waals surface area contributed by atoms with Crippen LogP contribution in [0.25, 0.3) is 0 Å². The van der Waals surface area contributed by atoms with Crippen molar-refractivity contribution in [2.75, 3.05) is 0 Å². The maximum atomic E-state index is 2.44. The largest absolute Gasteiger partial charge is 0.0667 e. The molecule has 1 fully saturated rings. The van der Waals surface area contributed by atoms with Crippen molar-refractivity contribution in [3.8, 4) is 0 Å². The minimum Gasteiger partial charge on any atom is -0.0667 e. The molecular weight excluding hydrogens is 347 g/mol. The first-order chi connectivity index (χ1) is 12.8. The lowest BCUT2D eigenvalue weighted by molar-refractivity contribution is 0.404. The molecule has 0 unspecified atom stereocenters. The van der Waals surface area contributed by atoms with Crippen LogP contribution in [0.1, 0.15) is 37.7 Å². The highest BCUT2D eigenvalue weighted by atomic mass is 31.1. The molecule has 0 spiro atoms. The van der Waals surface area contributed by atoms with Crippen LogP contribution in [0.3, 0.4) is 0 Å². The summed E-state index contributed by atoms with van der Waals surface area (Å²) in [6, 6.07) is 31.9. The van der Waals surface area contributed by atoms with Gasteiger partial charge in [0.1, 0.15) is 0 Å². The number of hydrogen-bond acceptors (Lipinski definition) is 0. The maximum Gasteiger partial charge on any atom is 0.0389 e. The monoisotopic (exact) mass is 374 g/mol. The summed E-state index contributed by atoms with van der Waals surface area (Å²) in [5.41, 5.74) is 1.64. The summed E-state index contributed by atoms with van der Waals surface area (Å²) in [5, 5.41) is 4.93. The lowest BCUT2D eigenvalue weighted by Crippen LogP contribution is -2.38. The molecule has 0 radical (unpaired) electrons. The van der Waals surface area contributed by atoms with E-state index >= 15 is 0 Å². The second-order valence-electron chi connectivity index (χ2n) is 7.41. The second-order valence-corrected chi connectivity index (χ2v) is 11.1. The molecule has 26 heavy (non-hydrogen) atoms. The summed E-state index contributed by atoms with van der Waals surface area (Å²) in [6.45, 7) is 0. The molecule has 1 saturated carbocycles. The predicted molar refractivity (Wildman–Crippen MR) is 120 cm³/mol. The highest BCUT2D eigenvalue weighted by molar-refractivity contribution is 7.74. The van der Waals surface area contributed by atoms with Gasteiger partial charge in [0.05, 0.1) is 0 Å². The molecule has 0 saturated heterocycles. The molecule has 0 nitrogen and oxygen atoms in total. The molecule has 4 rings (SSSR count). The van der Waals surface area contributed by atoms with Gasteiger partial charge in [0, 0.05) is 15.4 Å². The van der Waals surface area contributed by atoms with E-state index in [-0.39, 0.29) is 5.16 Å². The number of benzene rings is 3. The van der Waals surface area contributed by atoms with Crippen LogP contribution < -0.4 is 15.8 Å². The molecular formula is C24H27PSi. The zero-order valence-corrected chi connectivity index (χ0v) is 18.5. The lowest BCUT2D eigenvalue weighted by atomic mass is 9.83. The SMILES string of the molecule is [SiH3]c1ccccc1C1(P(c2ccccc2)c2ccccc2)CCCCC1. The van der Waals surface area contributed by atoms with Gasteiger partial charge in [-0.1, -0.05) is 109 Å². The second kappa shape index (κ2) is 7.90. The van der Waals surface area contributed by atoms with Crippen molar-refractivity contribution < 1.29 is 0 Å². The van der Waals surface area contributed by atoms with Crippen LogP contribution >= 0.6 is 7.92 Å². The minimum absolute atomic E-state index is 0.286. The van der Waals surface area contributed by atoms with E-state index in [1.54, 1.807) is 10.8 Å². The molecule has 2 heteroatoms. The van der Waals surface area contributed by atoms with Gasteiger partial charge in [-0.25, -0.2) is 0 Å². The van der Waals surface area contributed by atoms with Gasteiger partial charge in [-0.05, 0) is 36.9 Å². The fraction of sp³-hybridized carbons (Fsp3) is 0.250. The van der Waals surface area contributed by atoms with Crippen LogP contribution in [0.4, 0.5) is 0 Å². The van der Waals surface area contributed by atoms with Gasteiger partial charge in [-0.2, -0.15) is 0 Å². The molecule has 132 valence electrons. The normalized spacial score (nSPS) is 16.7. The van der Waals surface area contributed by atoms with Crippen molar-refractivity contribution >= 4 is 34.0 Å². The topological polar surface area (TPSA) is 0 Å². The summed E-state index contributed by atoms with van der Waals surface area (Å²) in [7, 11) is 0.699. The molecule has 1 aliphatic carbocycles. The maximum absolute atomic E-state index is 2.44. The van der Waals surface area contributed by atoms with E-state index < -0.39 is 7.92 Å². The zero-order valence-electron chi connectivity index (χ0n) is 15.6.